The van der Waals surface area contributed by atoms with E-state index in [9.17, 15) is 9.59 Å². The lowest BCUT2D eigenvalue weighted by Crippen LogP contribution is -2.33. The normalized spacial score (nSPS) is 18.5. The quantitative estimate of drug-likeness (QED) is 0.445. The second-order valence-electron chi connectivity index (χ2n) is 10.0. The number of unbranched alkanes of at least 4 members (excludes halogenated alkanes) is 3. The highest BCUT2D eigenvalue weighted by molar-refractivity contribution is 6.21. The topological polar surface area (TPSA) is 37.4 Å². The fourth-order valence-corrected chi connectivity index (χ4v) is 3.81. The van der Waals surface area contributed by atoms with Gasteiger partial charge in [0, 0.05) is 12.3 Å². The van der Waals surface area contributed by atoms with E-state index in [0.717, 1.165) is 36.1 Å². The molecule has 2 rings (SSSR count). The molecule has 0 aliphatic carbocycles. The van der Waals surface area contributed by atoms with Crippen molar-refractivity contribution < 1.29 is 9.59 Å². The summed E-state index contributed by atoms with van der Waals surface area (Å²) in [4.78, 5) is 27.4. The summed E-state index contributed by atoms with van der Waals surface area (Å²) >= 11 is 0. The number of benzene rings is 1. The number of rotatable bonds is 6. The smallest absolute Gasteiger partial charge is 0.237 e. The van der Waals surface area contributed by atoms with Crippen molar-refractivity contribution in [3.05, 3.63) is 29.3 Å². The maximum absolute atomic E-state index is 13.1. The number of anilines is 1. The summed E-state index contributed by atoms with van der Waals surface area (Å²) in [5, 5.41) is 0. The molecule has 3 nitrogen and oxygen atoms in total. The zero-order valence-electron chi connectivity index (χ0n) is 18.3. The lowest BCUT2D eigenvalue weighted by Gasteiger charge is -2.29. The van der Waals surface area contributed by atoms with Gasteiger partial charge >= 0.3 is 0 Å². The zero-order chi connectivity index (χ0) is 20.4. The molecule has 0 N–H and O–H groups in total. The van der Waals surface area contributed by atoms with E-state index in [1.807, 2.05) is 0 Å². The summed E-state index contributed by atoms with van der Waals surface area (Å²) in [5.74, 6) is -0.203. The van der Waals surface area contributed by atoms with E-state index in [1.165, 1.54) is 17.7 Å². The Kier molecular flexibility index (Phi) is 6.55. The highest BCUT2D eigenvalue weighted by atomic mass is 16.2. The van der Waals surface area contributed by atoms with Crippen LogP contribution in [0.3, 0.4) is 0 Å². The van der Waals surface area contributed by atoms with Gasteiger partial charge in [-0.15, -0.1) is 0 Å². The molecule has 1 aliphatic heterocycles. The molecule has 1 heterocycles. The van der Waals surface area contributed by atoms with E-state index in [1.54, 1.807) is 0 Å². The van der Waals surface area contributed by atoms with Gasteiger partial charge in [-0.2, -0.15) is 0 Å². The van der Waals surface area contributed by atoms with Crippen LogP contribution in [0, 0.1) is 5.92 Å². The number of amides is 2. The fourth-order valence-electron chi connectivity index (χ4n) is 3.81. The van der Waals surface area contributed by atoms with Crippen molar-refractivity contribution in [3.8, 4) is 0 Å². The Morgan fingerprint density at radius 2 is 1.63 bits per heavy atom. The van der Waals surface area contributed by atoms with Gasteiger partial charge in [0.05, 0.1) is 5.69 Å². The average Bonchev–Trinajstić information content (AvgIpc) is 2.83. The summed E-state index contributed by atoms with van der Waals surface area (Å²) in [6, 6.07) is 6.30. The van der Waals surface area contributed by atoms with Gasteiger partial charge in [0.25, 0.3) is 0 Å². The molecule has 1 fully saturated rings. The Labute approximate surface area is 165 Å². The molecule has 1 aliphatic rings. The number of imide groups is 1. The van der Waals surface area contributed by atoms with Crippen molar-refractivity contribution >= 4 is 17.5 Å². The Morgan fingerprint density at radius 3 is 2.19 bits per heavy atom. The van der Waals surface area contributed by atoms with E-state index in [-0.39, 0.29) is 28.6 Å². The van der Waals surface area contributed by atoms with Gasteiger partial charge < -0.3 is 0 Å². The first-order chi connectivity index (χ1) is 12.5. The maximum atomic E-state index is 13.1. The first-order valence-corrected chi connectivity index (χ1v) is 10.5. The Bertz CT molecular complexity index is 691. The minimum atomic E-state index is -0.152. The number of nitrogens with zero attached hydrogens (tertiary/aromatic N) is 1. The van der Waals surface area contributed by atoms with Crippen molar-refractivity contribution in [3.63, 3.8) is 0 Å². The second kappa shape index (κ2) is 8.16. The van der Waals surface area contributed by atoms with Gasteiger partial charge in [-0.25, -0.2) is 4.90 Å². The molecule has 0 bridgehead atoms. The van der Waals surface area contributed by atoms with E-state index < -0.39 is 0 Å². The van der Waals surface area contributed by atoms with Crippen molar-refractivity contribution in [2.24, 2.45) is 5.92 Å². The van der Waals surface area contributed by atoms with Gasteiger partial charge in [-0.05, 0) is 34.4 Å². The molecule has 0 radical (unpaired) electrons. The third kappa shape index (κ3) is 5.00. The molecule has 3 heteroatoms. The molecule has 27 heavy (non-hydrogen) atoms. The van der Waals surface area contributed by atoms with Gasteiger partial charge in [0.15, 0.2) is 0 Å². The van der Waals surface area contributed by atoms with Crippen LogP contribution in [0.25, 0.3) is 0 Å². The molecule has 0 spiro atoms. The SMILES string of the molecule is CCCCCCC1CC(=O)N(c2cc(C(C)(C)C)ccc2C(C)(C)C)C1=O. The molecular formula is C24H37NO2. The third-order valence-electron chi connectivity index (χ3n) is 5.56. The van der Waals surface area contributed by atoms with Crippen LogP contribution in [0.2, 0.25) is 0 Å². The lowest BCUT2D eigenvalue weighted by molar-refractivity contribution is -0.122. The van der Waals surface area contributed by atoms with Gasteiger partial charge in [-0.1, -0.05) is 86.3 Å². The summed E-state index contributed by atoms with van der Waals surface area (Å²) in [6.07, 6.45) is 5.72. The first-order valence-electron chi connectivity index (χ1n) is 10.5. The van der Waals surface area contributed by atoms with Crippen LogP contribution >= 0.6 is 0 Å². The van der Waals surface area contributed by atoms with Crippen LogP contribution in [0.4, 0.5) is 5.69 Å². The van der Waals surface area contributed by atoms with Gasteiger partial charge in [0.1, 0.15) is 0 Å². The van der Waals surface area contributed by atoms with Crippen molar-refractivity contribution in [1.29, 1.82) is 0 Å². The number of carbonyl (C=O) groups excluding carboxylic acids is 2. The Hall–Kier alpha value is -1.64. The molecular weight excluding hydrogens is 334 g/mol. The van der Waals surface area contributed by atoms with Crippen molar-refractivity contribution in [2.45, 2.75) is 97.8 Å². The van der Waals surface area contributed by atoms with E-state index in [2.05, 4.69) is 66.7 Å². The minimum Gasteiger partial charge on any atom is -0.274 e. The predicted octanol–water partition coefficient (Wildman–Crippen LogP) is 6.13. The fraction of sp³-hybridized carbons (Fsp3) is 0.667. The number of carbonyl (C=O) groups is 2. The molecule has 1 atom stereocenters. The molecule has 150 valence electrons. The van der Waals surface area contributed by atoms with Crippen molar-refractivity contribution in [1.82, 2.24) is 0 Å². The Morgan fingerprint density at radius 1 is 0.963 bits per heavy atom. The average molecular weight is 372 g/mol. The number of hydrogen-bond acceptors (Lipinski definition) is 2. The highest BCUT2D eigenvalue weighted by Gasteiger charge is 2.41. The third-order valence-corrected chi connectivity index (χ3v) is 5.56. The maximum Gasteiger partial charge on any atom is 0.237 e. The summed E-state index contributed by atoms with van der Waals surface area (Å²) in [6.45, 7) is 15.1. The minimum absolute atomic E-state index is 0.00643. The molecule has 2 amide bonds. The second-order valence-corrected chi connectivity index (χ2v) is 10.0. The van der Waals surface area contributed by atoms with Crippen LogP contribution in [-0.4, -0.2) is 11.8 Å². The summed E-state index contributed by atoms with van der Waals surface area (Å²) < 4.78 is 0. The monoisotopic (exact) mass is 371 g/mol. The van der Waals surface area contributed by atoms with E-state index >= 15 is 0 Å². The van der Waals surface area contributed by atoms with Crippen molar-refractivity contribution in [2.75, 3.05) is 4.90 Å². The highest BCUT2D eigenvalue weighted by Crippen LogP contribution is 2.39. The van der Waals surface area contributed by atoms with Gasteiger partial charge in [-0.3, -0.25) is 9.59 Å². The zero-order valence-corrected chi connectivity index (χ0v) is 18.3. The van der Waals surface area contributed by atoms with Crippen LogP contribution in [0.1, 0.15) is 98.1 Å². The molecule has 0 aromatic heterocycles. The summed E-state index contributed by atoms with van der Waals surface area (Å²) in [7, 11) is 0. The molecule has 1 unspecified atom stereocenters. The molecule has 1 aromatic carbocycles. The molecule has 1 saturated heterocycles. The molecule has 0 saturated carbocycles. The summed E-state index contributed by atoms with van der Waals surface area (Å²) in [5.41, 5.74) is 2.84. The van der Waals surface area contributed by atoms with Gasteiger partial charge in [0.2, 0.25) is 11.8 Å². The first kappa shape index (κ1) is 21.7. The predicted molar refractivity (Wildman–Crippen MR) is 113 cm³/mol. The van der Waals surface area contributed by atoms with Crippen LogP contribution < -0.4 is 4.90 Å². The van der Waals surface area contributed by atoms with Crippen LogP contribution in [0.15, 0.2) is 18.2 Å². The Balaban J connectivity index is 2.37. The van der Waals surface area contributed by atoms with Crippen LogP contribution in [-0.2, 0) is 20.4 Å². The largest absolute Gasteiger partial charge is 0.274 e. The number of hydrogen-bond donors (Lipinski definition) is 0. The van der Waals surface area contributed by atoms with Crippen LogP contribution in [0.5, 0.6) is 0 Å². The standard InChI is InChI=1S/C24H37NO2/c1-8-9-10-11-12-17-15-21(26)25(22(17)27)20-16-18(23(2,3)4)13-14-19(20)24(5,6)7/h13-14,16-17H,8-12,15H2,1-7H3. The van der Waals surface area contributed by atoms with E-state index in [4.69, 9.17) is 0 Å². The van der Waals surface area contributed by atoms with E-state index in [0.29, 0.717) is 6.42 Å². The molecule has 1 aromatic rings. The lowest BCUT2D eigenvalue weighted by atomic mass is 9.81.